The molecule has 0 aromatic heterocycles. The zero-order chi connectivity index (χ0) is 22.9. The molecule has 0 amide bonds. The summed E-state index contributed by atoms with van der Waals surface area (Å²) in [6, 6.07) is 24.7. The van der Waals surface area contributed by atoms with E-state index in [1.165, 1.54) is 0 Å². The molecule has 3 rings (SSSR count). The summed E-state index contributed by atoms with van der Waals surface area (Å²) in [5.74, 6) is 0. The average Bonchev–Trinajstić information content (AvgIpc) is 2.71. The van der Waals surface area contributed by atoms with Crippen molar-refractivity contribution in [1.82, 2.24) is 0 Å². The average molecular weight is 551 g/mol. The van der Waals surface area contributed by atoms with E-state index in [0.717, 1.165) is 18.3 Å². The summed E-state index contributed by atoms with van der Waals surface area (Å²) in [6.45, 7) is 12.9. The van der Waals surface area contributed by atoms with Crippen molar-refractivity contribution in [3.8, 4) is 0 Å². The predicted octanol–water partition coefficient (Wildman–Crippen LogP) is 7.15. The second-order valence-corrected chi connectivity index (χ2v) is 15.9. The van der Waals surface area contributed by atoms with Crippen LogP contribution in [0.5, 0.6) is 0 Å². The third kappa shape index (κ3) is 5.57. The van der Waals surface area contributed by atoms with Crippen LogP contribution < -0.4 is 0 Å². The molecule has 0 unspecified atom stereocenters. The van der Waals surface area contributed by atoms with Gasteiger partial charge in [-0.05, 0) is 0 Å². The molecule has 0 saturated heterocycles. The van der Waals surface area contributed by atoms with Gasteiger partial charge in [-0.25, -0.2) is 0 Å². The van der Waals surface area contributed by atoms with Gasteiger partial charge in [-0.3, -0.25) is 0 Å². The number of hydrogen-bond acceptors (Lipinski definition) is 3. The molecule has 0 fully saturated rings. The number of benzene rings is 3. The van der Waals surface area contributed by atoms with Crippen LogP contribution >= 0.6 is 20.2 Å². The summed E-state index contributed by atoms with van der Waals surface area (Å²) in [5, 5.41) is 0. The van der Waals surface area contributed by atoms with E-state index in [2.05, 4.69) is 53.7 Å². The van der Waals surface area contributed by atoms with Gasteiger partial charge in [0, 0.05) is 0 Å². The van der Waals surface area contributed by atoms with Crippen molar-refractivity contribution in [3.05, 3.63) is 97.1 Å². The molecule has 166 valence electrons. The van der Waals surface area contributed by atoms with Gasteiger partial charge in [0.1, 0.15) is 0 Å². The van der Waals surface area contributed by atoms with Crippen LogP contribution in [0, 0.1) is 7.14 Å². The van der Waals surface area contributed by atoms with Crippen molar-refractivity contribution >= 4 is 30.4 Å². The Labute approximate surface area is 194 Å². The van der Waals surface area contributed by atoms with Gasteiger partial charge in [0.2, 0.25) is 0 Å². The molecule has 3 aromatic rings. The number of hydrogen-bond donors (Lipinski definition) is 0. The molecule has 0 bridgehead atoms. The second kappa shape index (κ2) is 9.04. The van der Waals surface area contributed by atoms with Crippen LogP contribution in [0.15, 0.2) is 83.8 Å². The summed E-state index contributed by atoms with van der Waals surface area (Å²) in [5.41, 5.74) is 1.99. The maximum absolute atomic E-state index is 13.3. The third-order valence-electron chi connectivity index (χ3n) is 4.91. The van der Waals surface area contributed by atoms with Crippen molar-refractivity contribution in [2.24, 2.45) is 0 Å². The Morgan fingerprint density at radius 2 is 1.00 bits per heavy atom. The molecule has 3 nitrogen and oxygen atoms in total. The molecule has 5 heteroatoms. The van der Waals surface area contributed by atoms with E-state index >= 15 is 0 Å². The Balaban J connectivity index is 2.26. The molecular weight excluding hydrogens is 519 g/mol. The summed E-state index contributed by atoms with van der Waals surface area (Å²) in [6.07, 6.45) is 0. The second-order valence-electron chi connectivity index (χ2n) is 9.54. The van der Waals surface area contributed by atoms with Crippen molar-refractivity contribution < 1.29 is 10.9 Å². The van der Waals surface area contributed by atoms with Crippen LogP contribution in [0.2, 0.25) is 0 Å². The first kappa shape index (κ1) is 24.0. The SMILES string of the molecule is CC(C)(C)c1ccccc1I(OS(=O)(=O)c1ccccc1)c1ccccc1C(C)(C)C. The van der Waals surface area contributed by atoms with E-state index in [0.29, 0.717) is 0 Å². The minimum atomic E-state index is -3.91. The van der Waals surface area contributed by atoms with Gasteiger partial charge in [-0.15, -0.1) is 0 Å². The molecule has 0 radical (unpaired) electrons. The van der Waals surface area contributed by atoms with Gasteiger partial charge in [0.05, 0.1) is 0 Å². The molecule has 3 aromatic carbocycles. The first-order valence-corrected chi connectivity index (χ1v) is 14.7. The summed E-state index contributed by atoms with van der Waals surface area (Å²) >= 11 is -2.85. The Morgan fingerprint density at radius 3 is 1.42 bits per heavy atom. The molecular formula is C26H31IO3S. The van der Waals surface area contributed by atoms with E-state index in [1.807, 2.05) is 36.4 Å². The molecule has 0 atom stereocenters. The normalized spacial score (nSPS) is 13.2. The summed E-state index contributed by atoms with van der Waals surface area (Å²) in [7, 11) is -3.91. The van der Waals surface area contributed by atoms with Crippen LogP contribution in [0.4, 0.5) is 0 Å². The molecule has 0 aliphatic carbocycles. The standard InChI is InChI=1S/C26H31IO3S/c1-25(2,3)21-16-10-12-18-23(21)27(24-19-13-11-17-22(24)26(4,5)6)30-31(28,29)20-14-8-7-9-15-20/h7-19H,1-6H3. The Morgan fingerprint density at radius 1 is 0.613 bits per heavy atom. The van der Waals surface area contributed by atoms with Crippen molar-refractivity contribution in [2.75, 3.05) is 0 Å². The molecule has 0 aliphatic rings. The zero-order valence-corrected chi connectivity index (χ0v) is 22.0. The van der Waals surface area contributed by atoms with E-state index in [4.69, 9.17) is 2.51 Å². The molecule has 31 heavy (non-hydrogen) atoms. The topological polar surface area (TPSA) is 43.4 Å². The van der Waals surface area contributed by atoms with E-state index in [1.54, 1.807) is 30.3 Å². The van der Waals surface area contributed by atoms with E-state index in [-0.39, 0.29) is 15.7 Å². The number of rotatable bonds is 5. The Hall–Kier alpha value is -1.70. The first-order valence-electron chi connectivity index (χ1n) is 10.3. The fourth-order valence-corrected chi connectivity index (χ4v) is 12.1. The van der Waals surface area contributed by atoms with Crippen molar-refractivity contribution in [2.45, 2.75) is 57.3 Å². The molecule has 0 spiro atoms. The summed E-state index contributed by atoms with van der Waals surface area (Å²) in [4.78, 5) is 0.193. The molecule has 0 heterocycles. The van der Waals surface area contributed by atoms with E-state index in [9.17, 15) is 8.42 Å². The minimum absolute atomic E-state index is 0.136. The van der Waals surface area contributed by atoms with Gasteiger partial charge in [-0.2, -0.15) is 0 Å². The van der Waals surface area contributed by atoms with Crippen LogP contribution in [0.25, 0.3) is 0 Å². The van der Waals surface area contributed by atoms with Gasteiger partial charge >= 0.3 is 196 Å². The van der Waals surface area contributed by atoms with E-state index < -0.39 is 30.4 Å². The van der Waals surface area contributed by atoms with Crippen molar-refractivity contribution in [3.63, 3.8) is 0 Å². The fraction of sp³-hybridized carbons (Fsp3) is 0.308. The van der Waals surface area contributed by atoms with Crippen LogP contribution in [-0.4, -0.2) is 8.42 Å². The molecule has 0 N–H and O–H groups in total. The first-order chi connectivity index (χ1) is 14.4. The third-order valence-corrected chi connectivity index (χ3v) is 12.5. The monoisotopic (exact) mass is 550 g/mol. The van der Waals surface area contributed by atoms with Gasteiger partial charge in [-0.1, -0.05) is 0 Å². The number of halogens is 1. The zero-order valence-electron chi connectivity index (χ0n) is 19.0. The Kier molecular flexibility index (Phi) is 6.99. The van der Waals surface area contributed by atoms with Gasteiger partial charge in [0.15, 0.2) is 0 Å². The predicted molar refractivity (Wildman–Crippen MR) is 136 cm³/mol. The van der Waals surface area contributed by atoms with Crippen LogP contribution in [0.1, 0.15) is 52.7 Å². The van der Waals surface area contributed by atoms with Crippen LogP contribution in [-0.2, 0) is 23.5 Å². The van der Waals surface area contributed by atoms with Gasteiger partial charge < -0.3 is 0 Å². The maximum atomic E-state index is 13.3. The molecule has 0 saturated carbocycles. The fourth-order valence-electron chi connectivity index (χ4n) is 3.32. The van der Waals surface area contributed by atoms with Gasteiger partial charge in [0.25, 0.3) is 0 Å². The van der Waals surface area contributed by atoms with Crippen molar-refractivity contribution in [1.29, 1.82) is 0 Å². The van der Waals surface area contributed by atoms with Crippen LogP contribution in [0.3, 0.4) is 0 Å². The molecule has 0 aliphatic heterocycles. The Bertz CT molecular complexity index is 1080. The summed E-state index contributed by atoms with van der Waals surface area (Å²) < 4.78 is 34.9. The quantitative estimate of drug-likeness (QED) is 0.317.